The van der Waals surface area contributed by atoms with Gasteiger partial charge in [-0.25, -0.2) is 5.43 Å². The summed E-state index contributed by atoms with van der Waals surface area (Å²) in [6.07, 6.45) is 1.25. The van der Waals surface area contributed by atoms with Crippen molar-refractivity contribution in [1.82, 2.24) is 5.43 Å². The van der Waals surface area contributed by atoms with E-state index in [-0.39, 0.29) is 22.7 Å². The van der Waals surface area contributed by atoms with Crippen molar-refractivity contribution in [3.8, 4) is 11.5 Å². The van der Waals surface area contributed by atoms with Gasteiger partial charge in [-0.2, -0.15) is 13.5 Å². The molecule has 180 valence electrons. The molecule has 3 aromatic carbocycles. The number of nitro benzene ring substituents is 2. The smallest absolute Gasteiger partial charge is 0.339 e. The Morgan fingerprint density at radius 3 is 2.26 bits per heavy atom. The number of benzene rings is 3. The van der Waals surface area contributed by atoms with E-state index in [9.17, 15) is 33.4 Å². The quantitative estimate of drug-likeness (QED) is 0.200. The molecule has 0 aliphatic heterocycles. The highest BCUT2D eigenvalue weighted by Crippen LogP contribution is 2.31. The van der Waals surface area contributed by atoms with Gasteiger partial charge in [-0.3, -0.25) is 25.0 Å². The second kappa shape index (κ2) is 10.4. The van der Waals surface area contributed by atoms with Gasteiger partial charge in [-0.15, -0.1) is 0 Å². The van der Waals surface area contributed by atoms with Gasteiger partial charge in [0.1, 0.15) is 4.90 Å². The van der Waals surface area contributed by atoms with Crippen molar-refractivity contribution < 1.29 is 32.0 Å². The van der Waals surface area contributed by atoms with Gasteiger partial charge >= 0.3 is 10.1 Å². The first-order chi connectivity index (χ1) is 16.6. The Hall–Kier alpha value is -4.85. The zero-order valence-electron chi connectivity index (χ0n) is 17.9. The van der Waals surface area contributed by atoms with Crippen LogP contribution in [-0.4, -0.2) is 37.5 Å². The zero-order valence-corrected chi connectivity index (χ0v) is 18.7. The van der Waals surface area contributed by atoms with Crippen LogP contribution in [0.3, 0.4) is 0 Å². The molecule has 3 rings (SSSR count). The van der Waals surface area contributed by atoms with Crippen molar-refractivity contribution in [1.29, 1.82) is 0 Å². The number of amides is 1. The summed E-state index contributed by atoms with van der Waals surface area (Å²) in [5.41, 5.74) is 2.25. The number of ether oxygens (including phenoxy) is 1. The van der Waals surface area contributed by atoms with E-state index in [0.717, 1.165) is 18.2 Å². The number of carbonyl (C=O) groups is 1. The molecule has 0 bridgehead atoms. The van der Waals surface area contributed by atoms with Gasteiger partial charge in [0.15, 0.2) is 11.5 Å². The molecule has 0 spiro atoms. The summed E-state index contributed by atoms with van der Waals surface area (Å²) in [5.74, 6) is -0.762. The van der Waals surface area contributed by atoms with Gasteiger partial charge in [0.25, 0.3) is 17.3 Å². The lowest BCUT2D eigenvalue weighted by Crippen LogP contribution is -2.17. The van der Waals surface area contributed by atoms with Crippen LogP contribution in [0.15, 0.2) is 76.7 Å². The molecule has 0 saturated carbocycles. The van der Waals surface area contributed by atoms with Crippen LogP contribution in [0.1, 0.15) is 15.9 Å². The third kappa shape index (κ3) is 6.14. The molecular weight excluding hydrogens is 484 g/mol. The van der Waals surface area contributed by atoms with Crippen molar-refractivity contribution in [3.63, 3.8) is 0 Å². The predicted molar refractivity (Wildman–Crippen MR) is 122 cm³/mol. The largest absolute Gasteiger partial charge is 0.493 e. The first-order valence-electron chi connectivity index (χ1n) is 9.55. The van der Waals surface area contributed by atoms with Gasteiger partial charge in [0.05, 0.1) is 23.2 Å². The molecule has 3 aromatic rings. The molecular formula is C21H16N4O9S. The van der Waals surface area contributed by atoms with Crippen molar-refractivity contribution in [2.45, 2.75) is 4.90 Å². The van der Waals surface area contributed by atoms with Crippen LogP contribution >= 0.6 is 0 Å². The van der Waals surface area contributed by atoms with Crippen LogP contribution in [-0.2, 0) is 10.1 Å². The maximum absolute atomic E-state index is 12.6. The molecule has 14 heteroatoms. The molecule has 0 unspecified atom stereocenters. The first-order valence-corrected chi connectivity index (χ1v) is 11.0. The highest BCUT2D eigenvalue weighted by Gasteiger charge is 2.22. The van der Waals surface area contributed by atoms with Gasteiger partial charge in [0.2, 0.25) is 0 Å². The fraction of sp³-hybridized carbons (Fsp3) is 0.0476. The van der Waals surface area contributed by atoms with E-state index in [2.05, 4.69) is 10.5 Å². The fourth-order valence-electron chi connectivity index (χ4n) is 2.72. The molecule has 0 aliphatic rings. The summed E-state index contributed by atoms with van der Waals surface area (Å²) in [7, 11) is -3.12. The third-order valence-electron chi connectivity index (χ3n) is 4.42. The van der Waals surface area contributed by atoms with Gasteiger partial charge in [-0.1, -0.05) is 6.07 Å². The van der Waals surface area contributed by atoms with E-state index in [1.165, 1.54) is 61.9 Å². The lowest BCUT2D eigenvalue weighted by Gasteiger charge is -2.11. The molecule has 0 aromatic heterocycles. The SMILES string of the molecule is COc1cc(/C=N\NC(=O)c2ccc([N+](=O)[O-])cc2)ccc1OS(=O)(=O)c1cccc([N+](=O)[O-])c1. The summed E-state index contributed by atoms with van der Waals surface area (Å²) in [5, 5.41) is 25.4. The topological polar surface area (TPSA) is 180 Å². The number of nitro groups is 2. The monoisotopic (exact) mass is 500 g/mol. The second-order valence-electron chi connectivity index (χ2n) is 6.71. The summed E-state index contributed by atoms with van der Waals surface area (Å²) in [6.45, 7) is 0. The Bertz CT molecular complexity index is 1420. The number of hydrazone groups is 1. The maximum atomic E-state index is 12.6. The molecule has 0 saturated heterocycles. The van der Waals surface area contributed by atoms with E-state index in [1.54, 1.807) is 0 Å². The number of hydrogen-bond acceptors (Lipinski definition) is 10. The van der Waals surface area contributed by atoms with E-state index in [0.29, 0.717) is 5.56 Å². The maximum Gasteiger partial charge on any atom is 0.339 e. The standard InChI is InChI=1S/C21H16N4O9S/c1-33-20-11-14(13-22-23-21(26)15-6-8-16(9-7-15)24(27)28)5-10-19(20)34-35(31,32)18-4-2-3-17(12-18)25(29)30/h2-13H,1H3,(H,23,26)/b22-13-. The Balaban J connectivity index is 1.72. The minimum atomic E-state index is -4.40. The first kappa shape index (κ1) is 24.8. The summed E-state index contributed by atoms with van der Waals surface area (Å²) < 4.78 is 35.4. The van der Waals surface area contributed by atoms with E-state index in [1.807, 2.05) is 0 Å². The van der Waals surface area contributed by atoms with Crippen molar-refractivity contribution in [3.05, 3.63) is 98.1 Å². The fourth-order valence-corrected chi connectivity index (χ4v) is 3.70. The predicted octanol–water partition coefficient (Wildman–Crippen LogP) is 3.04. The van der Waals surface area contributed by atoms with Gasteiger partial charge < -0.3 is 8.92 Å². The number of non-ortho nitro benzene ring substituents is 2. The van der Waals surface area contributed by atoms with Gasteiger partial charge in [0, 0.05) is 29.8 Å². The Morgan fingerprint density at radius 1 is 0.943 bits per heavy atom. The highest BCUT2D eigenvalue weighted by atomic mass is 32.2. The number of carbonyl (C=O) groups excluding carboxylic acids is 1. The average molecular weight is 500 g/mol. The van der Waals surface area contributed by atoms with E-state index < -0.39 is 36.5 Å². The van der Waals surface area contributed by atoms with Crippen LogP contribution in [0.5, 0.6) is 11.5 Å². The Morgan fingerprint density at radius 2 is 1.63 bits per heavy atom. The molecule has 13 nitrogen and oxygen atoms in total. The number of nitrogens with zero attached hydrogens (tertiary/aromatic N) is 3. The lowest BCUT2D eigenvalue weighted by molar-refractivity contribution is -0.385. The molecule has 1 amide bonds. The molecule has 35 heavy (non-hydrogen) atoms. The summed E-state index contributed by atoms with van der Waals surface area (Å²) in [6, 6.07) is 13.4. The normalized spacial score (nSPS) is 11.1. The number of rotatable bonds is 9. The summed E-state index contributed by atoms with van der Waals surface area (Å²) in [4.78, 5) is 32.0. The average Bonchev–Trinajstić information content (AvgIpc) is 2.84. The van der Waals surface area contributed by atoms with Gasteiger partial charge in [-0.05, 0) is 42.0 Å². The summed E-state index contributed by atoms with van der Waals surface area (Å²) >= 11 is 0. The highest BCUT2D eigenvalue weighted by molar-refractivity contribution is 7.87. The van der Waals surface area contributed by atoms with Crippen LogP contribution in [0.25, 0.3) is 0 Å². The minimum Gasteiger partial charge on any atom is -0.493 e. The molecule has 1 N–H and O–H groups in total. The molecule has 0 radical (unpaired) electrons. The number of methoxy groups -OCH3 is 1. The lowest BCUT2D eigenvalue weighted by atomic mass is 10.2. The van der Waals surface area contributed by atoms with Crippen LogP contribution in [0.4, 0.5) is 11.4 Å². The number of hydrogen-bond donors (Lipinski definition) is 1. The van der Waals surface area contributed by atoms with Crippen LogP contribution in [0.2, 0.25) is 0 Å². The van der Waals surface area contributed by atoms with E-state index in [4.69, 9.17) is 8.92 Å². The van der Waals surface area contributed by atoms with E-state index >= 15 is 0 Å². The van der Waals surface area contributed by atoms with Crippen LogP contribution in [0, 0.1) is 20.2 Å². The molecule has 0 heterocycles. The van der Waals surface area contributed by atoms with Crippen LogP contribution < -0.4 is 14.3 Å². The Labute approximate surface area is 198 Å². The molecule has 0 fully saturated rings. The molecule has 0 aliphatic carbocycles. The number of nitrogens with one attached hydrogen (secondary N) is 1. The minimum absolute atomic E-state index is 0.0182. The molecule has 0 atom stereocenters. The zero-order chi connectivity index (χ0) is 25.6. The third-order valence-corrected chi connectivity index (χ3v) is 5.65. The van der Waals surface area contributed by atoms with Crippen molar-refractivity contribution in [2.24, 2.45) is 5.10 Å². The second-order valence-corrected chi connectivity index (χ2v) is 8.25. The Kier molecular flexibility index (Phi) is 7.36. The van der Waals surface area contributed by atoms with Crippen molar-refractivity contribution >= 4 is 33.6 Å². The van der Waals surface area contributed by atoms with Crippen molar-refractivity contribution in [2.75, 3.05) is 7.11 Å².